The molecular weight excluding hydrogens is 383 g/mol. The minimum atomic E-state index is -0.996. The van der Waals surface area contributed by atoms with E-state index in [9.17, 15) is 4.79 Å². The Morgan fingerprint density at radius 3 is 2.76 bits per heavy atom. The van der Waals surface area contributed by atoms with Gasteiger partial charge in [-0.3, -0.25) is 0 Å². The Balaban J connectivity index is 2.06. The maximum Gasteiger partial charge on any atom is 0.335 e. The highest BCUT2D eigenvalue weighted by atomic mass is 127. The summed E-state index contributed by atoms with van der Waals surface area (Å²) in [4.78, 5) is 19.3. The Kier molecular flexibility index (Phi) is 3.70. The van der Waals surface area contributed by atoms with Crippen molar-refractivity contribution in [2.75, 3.05) is 0 Å². The van der Waals surface area contributed by atoms with Crippen LogP contribution >= 0.6 is 22.6 Å². The van der Waals surface area contributed by atoms with Gasteiger partial charge in [-0.1, -0.05) is 12.1 Å². The van der Waals surface area contributed by atoms with Crippen LogP contribution in [0.25, 0.3) is 10.9 Å². The molecule has 21 heavy (non-hydrogen) atoms. The second-order valence-corrected chi connectivity index (χ2v) is 5.41. The molecule has 0 bridgehead atoms. The van der Waals surface area contributed by atoms with E-state index in [-0.39, 0.29) is 5.56 Å². The molecule has 0 amide bonds. The summed E-state index contributed by atoms with van der Waals surface area (Å²) in [5.41, 5.74) is 0.940. The first-order chi connectivity index (χ1) is 10.1. The number of aromatic nitrogens is 2. The van der Waals surface area contributed by atoms with E-state index in [4.69, 9.17) is 9.84 Å². The van der Waals surface area contributed by atoms with Crippen LogP contribution < -0.4 is 4.74 Å². The minimum absolute atomic E-state index is 0.170. The molecule has 2 aromatic carbocycles. The van der Waals surface area contributed by atoms with Gasteiger partial charge >= 0.3 is 5.97 Å². The molecule has 104 valence electrons. The Bertz CT molecular complexity index is 831. The van der Waals surface area contributed by atoms with Crippen molar-refractivity contribution in [3.63, 3.8) is 0 Å². The van der Waals surface area contributed by atoms with E-state index in [1.165, 1.54) is 18.5 Å². The summed E-state index contributed by atoms with van der Waals surface area (Å²) in [6, 6.07) is 12.2. The van der Waals surface area contributed by atoms with Crippen LogP contribution in [0.3, 0.4) is 0 Å². The first kappa shape index (κ1) is 13.7. The number of carbonyl (C=O) groups is 1. The largest absolute Gasteiger partial charge is 0.478 e. The Morgan fingerprint density at radius 1 is 1.14 bits per heavy atom. The number of para-hydroxylation sites is 1. The van der Waals surface area contributed by atoms with Gasteiger partial charge in [-0.2, -0.15) is 0 Å². The fraction of sp³-hybridized carbons (Fsp3) is 0. The Morgan fingerprint density at radius 2 is 1.95 bits per heavy atom. The molecule has 5 nitrogen and oxygen atoms in total. The lowest BCUT2D eigenvalue weighted by Gasteiger charge is -2.09. The predicted molar refractivity (Wildman–Crippen MR) is 85.7 cm³/mol. The topological polar surface area (TPSA) is 72.3 Å². The summed E-state index contributed by atoms with van der Waals surface area (Å²) >= 11 is 2.09. The number of benzene rings is 2. The fourth-order valence-corrected chi connectivity index (χ4v) is 2.33. The molecule has 3 aromatic rings. The van der Waals surface area contributed by atoms with E-state index in [0.717, 1.165) is 14.5 Å². The van der Waals surface area contributed by atoms with Gasteiger partial charge in [0.2, 0.25) is 5.88 Å². The number of hydrogen-bond donors (Lipinski definition) is 1. The number of nitrogens with zero attached hydrogens (tertiary/aromatic N) is 2. The van der Waals surface area contributed by atoms with Gasteiger partial charge in [0.05, 0.1) is 20.0 Å². The zero-order chi connectivity index (χ0) is 14.8. The smallest absolute Gasteiger partial charge is 0.335 e. The molecule has 0 fully saturated rings. The second-order valence-electron chi connectivity index (χ2n) is 4.25. The number of hydrogen-bond acceptors (Lipinski definition) is 4. The van der Waals surface area contributed by atoms with Crippen LogP contribution in [0.1, 0.15) is 10.4 Å². The molecule has 0 aliphatic carbocycles. The number of fused-ring (bicyclic) bond motifs is 1. The van der Waals surface area contributed by atoms with Gasteiger partial charge in [0.15, 0.2) is 0 Å². The van der Waals surface area contributed by atoms with E-state index < -0.39 is 5.97 Å². The van der Waals surface area contributed by atoms with Crippen LogP contribution in [0, 0.1) is 3.57 Å². The van der Waals surface area contributed by atoms with Crippen LogP contribution in [0.2, 0.25) is 0 Å². The van der Waals surface area contributed by atoms with E-state index >= 15 is 0 Å². The molecule has 0 aliphatic heterocycles. The van der Waals surface area contributed by atoms with Crippen molar-refractivity contribution in [1.82, 2.24) is 9.97 Å². The van der Waals surface area contributed by atoms with Gasteiger partial charge in [0, 0.05) is 0 Å². The summed E-state index contributed by atoms with van der Waals surface area (Å²) < 4.78 is 6.60. The van der Waals surface area contributed by atoms with Crippen molar-refractivity contribution in [3.8, 4) is 11.6 Å². The van der Waals surface area contributed by atoms with E-state index in [1.54, 1.807) is 6.07 Å². The molecule has 0 unspecified atom stereocenters. The third-order valence-electron chi connectivity index (χ3n) is 2.89. The molecule has 0 saturated carbocycles. The quantitative estimate of drug-likeness (QED) is 0.688. The monoisotopic (exact) mass is 392 g/mol. The van der Waals surface area contributed by atoms with Crippen LogP contribution in [0.4, 0.5) is 0 Å². The standard InChI is InChI=1S/C15H9IN2O3/c16-11-6-5-9(15(19)20)7-13(11)21-14-10-3-1-2-4-12(10)17-8-18-14/h1-8H,(H,19,20). The summed E-state index contributed by atoms with van der Waals surface area (Å²) in [5, 5.41) is 9.83. The highest BCUT2D eigenvalue weighted by molar-refractivity contribution is 14.1. The van der Waals surface area contributed by atoms with E-state index in [0.29, 0.717) is 11.6 Å². The zero-order valence-electron chi connectivity index (χ0n) is 10.7. The normalized spacial score (nSPS) is 10.5. The lowest BCUT2D eigenvalue weighted by atomic mass is 10.2. The summed E-state index contributed by atoms with van der Waals surface area (Å²) in [6.07, 6.45) is 1.42. The fourth-order valence-electron chi connectivity index (χ4n) is 1.88. The average Bonchev–Trinajstić information content (AvgIpc) is 2.49. The number of carboxylic acids is 1. The van der Waals surface area contributed by atoms with Crippen molar-refractivity contribution in [2.24, 2.45) is 0 Å². The number of halogens is 1. The van der Waals surface area contributed by atoms with Gasteiger partial charge in [-0.15, -0.1) is 0 Å². The van der Waals surface area contributed by atoms with Crippen LogP contribution in [0.15, 0.2) is 48.8 Å². The van der Waals surface area contributed by atoms with Crippen molar-refractivity contribution in [2.45, 2.75) is 0 Å². The van der Waals surface area contributed by atoms with E-state index in [2.05, 4.69) is 32.6 Å². The molecule has 1 heterocycles. The Labute approximate surface area is 133 Å². The maximum atomic E-state index is 11.0. The highest BCUT2D eigenvalue weighted by Gasteiger charge is 2.11. The molecule has 1 N–H and O–H groups in total. The molecule has 3 rings (SSSR count). The molecule has 0 spiro atoms. The van der Waals surface area contributed by atoms with Crippen molar-refractivity contribution in [3.05, 3.63) is 57.9 Å². The number of rotatable bonds is 3. The van der Waals surface area contributed by atoms with Crippen molar-refractivity contribution < 1.29 is 14.6 Å². The van der Waals surface area contributed by atoms with Gasteiger partial charge < -0.3 is 9.84 Å². The molecule has 0 radical (unpaired) electrons. The van der Waals surface area contributed by atoms with Gasteiger partial charge in [-0.25, -0.2) is 14.8 Å². The molecule has 0 atom stereocenters. The number of aromatic carboxylic acids is 1. The first-order valence-electron chi connectivity index (χ1n) is 6.05. The summed E-state index contributed by atoms with van der Waals surface area (Å²) in [7, 11) is 0. The summed E-state index contributed by atoms with van der Waals surface area (Å²) in [6.45, 7) is 0. The highest BCUT2D eigenvalue weighted by Crippen LogP contribution is 2.30. The van der Waals surface area contributed by atoms with Gasteiger partial charge in [0.1, 0.15) is 12.1 Å². The molecule has 0 saturated heterocycles. The van der Waals surface area contributed by atoms with Crippen molar-refractivity contribution in [1.29, 1.82) is 0 Å². The third kappa shape index (κ3) is 2.80. The van der Waals surface area contributed by atoms with Crippen LogP contribution in [-0.2, 0) is 0 Å². The molecular formula is C15H9IN2O3. The third-order valence-corrected chi connectivity index (χ3v) is 3.78. The molecule has 6 heteroatoms. The summed E-state index contributed by atoms with van der Waals surface area (Å²) in [5.74, 6) is -0.135. The molecule has 1 aromatic heterocycles. The number of ether oxygens (including phenoxy) is 1. The SMILES string of the molecule is O=C(O)c1ccc(I)c(Oc2ncnc3ccccc23)c1. The maximum absolute atomic E-state index is 11.0. The van der Waals surface area contributed by atoms with Crippen LogP contribution in [-0.4, -0.2) is 21.0 Å². The Hall–Kier alpha value is -2.22. The predicted octanol–water partition coefficient (Wildman–Crippen LogP) is 3.72. The average molecular weight is 392 g/mol. The van der Waals surface area contributed by atoms with Gasteiger partial charge in [-0.05, 0) is 52.9 Å². The van der Waals surface area contributed by atoms with Crippen molar-refractivity contribution >= 4 is 39.5 Å². The van der Waals surface area contributed by atoms with Crippen LogP contribution in [0.5, 0.6) is 11.6 Å². The second kappa shape index (κ2) is 5.65. The molecule has 0 aliphatic rings. The lowest BCUT2D eigenvalue weighted by molar-refractivity contribution is 0.0696. The zero-order valence-corrected chi connectivity index (χ0v) is 12.8. The minimum Gasteiger partial charge on any atom is -0.478 e. The lowest BCUT2D eigenvalue weighted by Crippen LogP contribution is -1.98. The van der Waals surface area contributed by atoms with E-state index in [1.807, 2.05) is 24.3 Å². The van der Waals surface area contributed by atoms with Gasteiger partial charge in [0.25, 0.3) is 0 Å². The number of carboxylic acid groups (broad SMARTS) is 1. The first-order valence-corrected chi connectivity index (χ1v) is 7.13.